The van der Waals surface area contributed by atoms with E-state index < -0.39 is 23.5 Å². The number of rotatable bonds is 9. The first-order chi connectivity index (χ1) is 20.0. The summed E-state index contributed by atoms with van der Waals surface area (Å²) >= 11 is 0. The number of hydrazone groups is 1. The zero-order valence-corrected chi connectivity index (χ0v) is 23.4. The van der Waals surface area contributed by atoms with Crippen molar-refractivity contribution < 1.29 is 27.1 Å². The average Bonchev–Trinajstić information content (AvgIpc) is 2.96. The number of anilines is 3. The van der Waals surface area contributed by atoms with E-state index in [0.717, 1.165) is 24.3 Å². The van der Waals surface area contributed by atoms with Crippen LogP contribution in [0.1, 0.15) is 15.9 Å². The van der Waals surface area contributed by atoms with Crippen LogP contribution in [0.25, 0.3) is 0 Å². The van der Waals surface area contributed by atoms with Gasteiger partial charge >= 0.3 is 6.18 Å². The van der Waals surface area contributed by atoms with E-state index in [0.29, 0.717) is 37.0 Å². The summed E-state index contributed by atoms with van der Waals surface area (Å²) in [5.41, 5.74) is -0.189. The van der Waals surface area contributed by atoms with Gasteiger partial charge in [-0.1, -0.05) is 0 Å². The van der Waals surface area contributed by atoms with Gasteiger partial charge in [0.2, 0.25) is 11.8 Å². The van der Waals surface area contributed by atoms with E-state index in [9.17, 15) is 22.4 Å². The molecule has 2 aromatic carbocycles. The molecule has 1 aliphatic heterocycles. The number of aliphatic imine (C=N–C) groups is 1. The van der Waals surface area contributed by atoms with Crippen molar-refractivity contribution in [3.63, 3.8) is 0 Å². The van der Waals surface area contributed by atoms with Gasteiger partial charge < -0.3 is 25.2 Å². The number of aromatic nitrogens is 1. The summed E-state index contributed by atoms with van der Waals surface area (Å²) in [6.45, 7) is 1.43. The summed E-state index contributed by atoms with van der Waals surface area (Å²) in [5, 5.41) is 11.3. The highest BCUT2D eigenvalue weighted by atomic mass is 19.4. The van der Waals surface area contributed by atoms with Crippen LogP contribution in [0.4, 0.5) is 34.6 Å². The summed E-state index contributed by atoms with van der Waals surface area (Å²) < 4.78 is 61.2. The quantitative estimate of drug-likeness (QED) is 0.352. The molecule has 3 aromatic rings. The Morgan fingerprint density at radius 3 is 2.60 bits per heavy atom. The van der Waals surface area contributed by atoms with E-state index in [1.807, 2.05) is 19.0 Å². The number of hydrogen-bond acceptors (Lipinski definition) is 9. The van der Waals surface area contributed by atoms with Gasteiger partial charge in [-0.25, -0.2) is 14.4 Å². The van der Waals surface area contributed by atoms with Crippen LogP contribution in [-0.2, 0) is 6.18 Å². The molecule has 0 radical (unpaired) electrons. The van der Waals surface area contributed by atoms with E-state index in [-0.39, 0.29) is 22.9 Å². The van der Waals surface area contributed by atoms with Crippen molar-refractivity contribution in [1.29, 1.82) is 0 Å². The van der Waals surface area contributed by atoms with Crippen LogP contribution in [0, 0.1) is 5.82 Å². The van der Waals surface area contributed by atoms with E-state index in [4.69, 9.17) is 4.74 Å². The van der Waals surface area contributed by atoms with Crippen LogP contribution < -0.4 is 25.3 Å². The highest BCUT2D eigenvalue weighted by molar-refractivity contribution is 6.06. The molecule has 0 saturated heterocycles. The summed E-state index contributed by atoms with van der Waals surface area (Å²) in [4.78, 5) is 25.2. The predicted octanol–water partition coefficient (Wildman–Crippen LogP) is 4.66. The first-order valence-corrected chi connectivity index (χ1v) is 12.8. The molecule has 14 heteroatoms. The molecule has 222 valence electrons. The van der Waals surface area contributed by atoms with Crippen molar-refractivity contribution in [2.75, 3.05) is 63.1 Å². The number of halogens is 4. The van der Waals surface area contributed by atoms with Gasteiger partial charge in [-0.3, -0.25) is 9.80 Å². The van der Waals surface area contributed by atoms with Gasteiger partial charge in [-0.05, 0) is 62.6 Å². The number of carbonyl (C=O) groups excluding carboxylic acids is 1. The molecule has 1 amide bonds. The molecule has 42 heavy (non-hydrogen) atoms. The fourth-order valence-electron chi connectivity index (χ4n) is 3.95. The average molecular weight is 587 g/mol. The molecule has 2 N–H and O–H groups in total. The lowest BCUT2D eigenvalue weighted by atomic mass is 10.1. The Hall–Kier alpha value is -4.72. The van der Waals surface area contributed by atoms with E-state index in [1.54, 1.807) is 42.4 Å². The number of ether oxygens (including phenoxy) is 1. The van der Waals surface area contributed by atoms with Crippen LogP contribution in [0.5, 0.6) is 11.6 Å². The number of nitrogens with zero attached hydrogens (tertiary/aromatic N) is 6. The van der Waals surface area contributed by atoms with Gasteiger partial charge in [0, 0.05) is 45.2 Å². The number of amides is 1. The maximum absolute atomic E-state index is 14.8. The van der Waals surface area contributed by atoms with Gasteiger partial charge in [-0.15, -0.1) is 5.10 Å². The van der Waals surface area contributed by atoms with Gasteiger partial charge in [0.25, 0.3) is 5.91 Å². The standard InChI is InChI=1S/C28H30F4N8O2/c1-33-27-35-12-13-40(37-27)23-6-5-11-34-26(23)42-24-16-18(7-9-20(24)29)25(41)36-21-17-19(28(30,31)32)8-10-22(21)39(4)15-14-38(2)3/h5-12,16-17H,13-15H2,1-4H3,(H,33,37)(H,36,41). The lowest BCUT2D eigenvalue weighted by Gasteiger charge is -2.25. The fourth-order valence-corrected chi connectivity index (χ4v) is 3.95. The Bertz CT molecular complexity index is 1490. The van der Waals surface area contributed by atoms with Crippen molar-refractivity contribution in [3.8, 4) is 11.6 Å². The first-order valence-electron chi connectivity index (χ1n) is 12.8. The summed E-state index contributed by atoms with van der Waals surface area (Å²) in [6.07, 6.45) is -1.53. The molecule has 0 atom stereocenters. The van der Waals surface area contributed by atoms with E-state index in [2.05, 4.69) is 25.7 Å². The maximum Gasteiger partial charge on any atom is 0.416 e. The van der Waals surface area contributed by atoms with Crippen LogP contribution in [0.3, 0.4) is 0 Å². The van der Waals surface area contributed by atoms with Gasteiger partial charge in [-0.2, -0.15) is 13.2 Å². The Balaban J connectivity index is 1.61. The second kappa shape index (κ2) is 12.9. The monoisotopic (exact) mass is 586 g/mol. The topological polar surface area (TPSA) is 97.7 Å². The first kappa shape index (κ1) is 30.2. The Kier molecular flexibility index (Phi) is 9.25. The Labute approximate surface area is 240 Å². The molecule has 1 aliphatic rings. The third-order valence-corrected chi connectivity index (χ3v) is 6.20. The zero-order valence-electron chi connectivity index (χ0n) is 23.4. The molecule has 0 spiro atoms. The van der Waals surface area contributed by atoms with Crippen molar-refractivity contribution in [3.05, 3.63) is 71.7 Å². The Morgan fingerprint density at radius 2 is 1.88 bits per heavy atom. The molecular weight excluding hydrogens is 556 g/mol. The van der Waals surface area contributed by atoms with Crippen molar-refractivity contribution in [1.82, 2.24) is 15.2 Å². The molecular formula is C28H30F4N8O2. The summed E-state index contributed by atoms with van der Waals surface area (Å²) in [5.74, 6) is -1.46. The number of alkyl halides is 3. The van der Waals surface area contributed by atoms with Crippen LogP contribution in [0.15, 0.2) is 64.8 Å². The zero-order chi connectivity index (χ0) is 30.4. The SMILES string of the molecule is CNC1=NN(c2cccnc2Oc2cc(C(=O)Nc3cc(C(F)(F)F)ccc3N(C)CCN(C)C)ccc2F)CC=N1. The number of hydrogen-bond donors (Lipinski definition) is 2. The van der Waals surface area contributed by atoms with Gasteiger partial charge in [0.15, 0.2) is 11.6 Å². The molecule has 0 bridgehead atoms. The van der Waals surface area contributed by atoms with Crippen molar-refractivity contribution >= 4 is 35.1 Å². The van der Waals surface area contributed by atoms with E-state index in [1.165, 1.54) is 18.3 Å². The van der Waals surface area contributed by atoms with Gasteiger partial charge in [0.05, 0.1) is 23.5 Å². The highest BCUT2D eigenvalue weighted by Crippen LogP contribution is 2.36. The Morgan fingerprint density at radius 1 is 1.10 bits per heavy atom. The third-order valence-electron chi connectivity index (χ3n) is 6.20. The summed E-state index contributed by atoms with van der Waals surface area (Å²) in [6, 6.07) is 9.89. The molecule has 1 aromatic heterocycles. The number of likely N-dealkylation sites (N-methyl/N-ethyl adjacent to an activating group) is 2. The molecule has 0 saturated carbocycles. The molecule has 4 rings (SSSR count). The van der Waals surface area contributed by atoms with Crippen LogP contribution in [0.2, 0.25) is 0 Å². The lowest BCUT2D eigenvalue weighted by Crippen LogP contribution is -2.30. The van der Waals surface area contributed by atoms with Crippen molar-refractivity contribution in [2.24, 2.45) is 10.1 Å². The molecule has 10 nitrogen and oxygen atoms in total. The molecule has 0 fully saturated rings. The molecule has 0 unspecified atom stereocenters. The highest BCUT2D eigenvalue weighted by Gasteiger charge is 2.31. The predicted molar refractivity (Wildman–Crippen MR) is 154 cm³/mol. The van der Waals surface area contributed by atoms with Crippen LogP contribution >= 0.6 is 0 Å². The summed E-state index contributed by atoms with van der Waals surface area (Å²) in [7, 11) is 7.13. The maximum atomic E-state index is 14.8. The largest absolute Gasteiger partial charge is 0.434 e. The lowest BCUT2D eigenvalue weighted by molar-refractivity contribution is -0.137. The smallest absolute Gasteiger partial charge is 0.416 e. The number of benzene rings is 2. The molecule has 0 aliphatic carbocycles. The number of carbonyl (C=O) groups is 1. The second-order valence-electron chi connectivity index (χ2n) is 9.55. The van der Waals surface area contributed by atoms with E-state index >= 15 is 0 Å². The van der Waals surface area contributed by atoms with Crippen molar-refractivity contribution in [2.45, 2.75) is 6.18 Å². The fraction of sp³-hybridized carbons (Fsp3) is 0.286. The van der Waals surface area contributed by atoms with Gasteiger partial charge in [0.1, 0.15) is 5.69 Å². The normalized spacial score (nSPS) is 13.2. The molecule has 2 heterocycles. The minimum atomic E-state index is -4.62. The number of guanidine groups is 1. The van der Waals surface area contributed by atoms with Crippen LogP contribution in [-0.4, -0.2) is 75.8 Å². The number of nitrogens with one attached hydrogen (secondary N) is 2. The second-order valence-corrected chi connectivity index (χ2v) is 9.55. The third kappa shape index (κ3) is 7.32. The minimum absolute atomic E-state index is 0.0196. The minimum Gasteiger partial charge on any atom is -0.434 e. The number of pyridine rings is 1.